The predicted molar refractivity (Wildman–Crippen MR) is 48.3 cm³/mol. The molecule has 0 aromatic heterocycles. The maximum atomic E-state index is 11.1. The fourth-order valence-corrected chi connectivity index (χ4v) is 2.54. The number of carboxylic acid groups (broad SMARTS) is 1. The highest BCUT2D eigenvalue weighted by Gasteiger charge is 2.46. The first-order valence-electron chi connectivity index (χ1n) is 4.87. The summed E-state index contributed by atoms with van der Waals surface area (Å²) in [5.74, 6) is -0.659. The maximum Gasteiger partial charge on any atom is 0.324 e. The molecule has 2 bridgehead atoms. The molecule has 0 aromatic carbocycles. The van der Waals surface area contributed by atoms with Crippen molar-refractivity contribution in [3.8, 4) is 0 Å². The van der Waals surface area contributed by atoms with Gasteiger partial charge in [0.05, 0.1) is 0 Å². The van der Waals surface area contributed by atoms with Crippen molar-refractivity contribution < 1.29 is 9.90 Å². The molecule has 2 saturated heterocycles. The summed E-state index contributed by atoms with van der Waals surface area (Å²) in [6.45, 7) is 2.92. The van der Waals surface area contributed by atoms with Gasteiger partial charge in [-0.2, -0.15) is 0 Å². The minimum atomic E-state index is -0.953. The number of carbonyl (C=O) groups is 1. The van der Waals surface area contributed by atoms with Crippen LogP contribution in [-0.2, 0) is 4.79 Å². The van der Waals surface area contributed by atoms with Crippen molar-refractivity contribution in [2.45, 2.75) is 24.8 Å². The van der Waals surface area contributed by atoms with Crippen molar-refractivity contribution in [2.24, 2.45) is 11.7 Å². The van der Waals surface area contributed by atoms with Crippen molar-refractivity contribution in [3.05, 3.63) is 0 Å². The quantitative estimate of drug-likeness (QED) is 0.596. The maximum absolute atomic E-state index is 11.1. The molecule has 3 unspecified atom stereocenters. The Labute approximate surface area is 77.7 Å². The summed E-state index contributed by atoms with van der Waals surface area (Å²) in [5.41, 5.74) is 5.00. The Morgan fingerprint density at radius 3 is 3.00 bits per heavy atom. The highest BCUT2D eigenvalue weighted by Crippen LogP contribution is 2.33. The molecular formula is C9H16N2O2. The van der Waals surface area contributed by atoms with Crippen LogP contribution in [0, 0.1) is 5.92 Å². The van der Waals surface area contributed by atoms with E-state index in [1.807, 2.05) is 0 Å². The van der Waals surface area contributed by atoms with Crippen LogP contribution < -0.4 is 5.73 Å². The molecule has 2 aliphatic heterocycles. The van der Waals surface area contributed by atoms with E-state index < -0.39 is 11.5 Å². The third-order valence-corrected chi connectivity index (χ3v) is 3.46. The van der Waals surface area contributed by atoms with Crippen molar-refractivity contribution in [1.29, 1.82) is 0 Å². The van der Waals surface area contributed by atoms with E-state index in [4.69, 9.17) is 10.8 Å². The summed E-state index contributed by atoms with van der Waals surface area (Å²) >= 11 is 0. The van der Waals surface area contributed by atoms with E-state index in [0.717, 1.165) is 32.5 Å². The van der Waals surface area contributed by atoms with Crippen LogP contribution in [0.15, 0.2) is 0 Å². The monoisotopic (exact) mass is 184 g/mol. The Hall–Kier alpha value is -0.610. The molecule has 2 aliphatic rings. The molecule has 3 N–H and O–H groups in total. The lowest BCUT2D eigenvalue weighted by atomic mass is 9.81. The average molecular weight is 184 g/mol. The van der Waals surface area contributed by atoms with E-state index in [9.17, 15) is 4.79 Å². The first-order chi connectivity index (χ1) is 6.13. The topological polar surface area (TPSA) is 66.6 Å². The lowest BCUT2D eigenvalue weighted by Crippen LogP contribution is -2.54. The largest absolute Gasteiger partial charge is 0.480 e. The summed E-state index contributed by atoms with van der Waals surface area (Å²) in [6.07, 6.45) is 2.49. The molecule has 4 nitrogen and oxygen atoms in total. The van der Waals surface area contributed by atoms with Crippen LogP contribution in [0.5, 0.6) is 0 Å². The minimum Gasteiger partial charge on any atom is -0.480 e. The summed E-state index contributed by atoms with van der Waals surface area (Å²) in [7, 11) is 0. The third kappa shape index (κ3) is 1.34. The fraction of sp³-hybridized carbons (Fsp3) is 0.889. The SMILES string of the molecule is NC1(C(=O)O)CCCN2CCC1C2. The van der Waals surface area contributed by atoms with Gasteiger partial charge >= 0.3 is 5.97 Å². The van der Waals surface area contributed by atoms with Gasteiger partial charge in [0, 0.05) is 12.5 Å². The minimum absolute atomic E-state index is 0.160. The standard InChI is InChI=1S/C9H16N2O2/c10-9(8(12)13)3-1-4-11-5-2-7(9)6-11/h7H,1-6,10H2,(H,12,13). The Kier molecular flexibility index (Phi) is 2.04. The Balaban J connectivity index is 2.22. The van der Waals surface area contributed by atoms with E-state index in [2.05, 4.69) is 4.90 Å². The molecule has 4 heteroatoms. The van der Waals surface area contributed by atoms with Crippen molar-refractivity contribution >= 4 is 5.97 Å². The average Bonchev–Trinajstić information content (AvgIpc) is 2.44. The molecule has 13 heavy (non-hydrogen) atoms. The summed E-state index contributed by atoms with van der Waals surface area (Å²) in [4.78, 5) is 13.4. The molecule has 2 fully saturated rings. The van der Waals surface area contributed by atoms with Gasteiger partial charge in [0.1, 0.15) is 5.54 Å². The molecular weight excluding hydrogens is 168 g/mol. The number of carboxylic acids is 1. The van der Waals surface area contributed by atoms with Gasteiger partial charge in [-0.1, -0.05) is 0 Å². The van der Waals surface area contributed by atoms with E-state index in [1.54, 1.807) is 0 Å². The fourth-order valence-electron chi connectivity index (χ4n) is 2.54. The molecule has 0 aromatic rings. The smallest absolute Gasteiger partial charge is 0.324 e. The van der Waals surface area contributed by atoms with E-state index >= 15 is 0 Å². The van der Waals surface area contributed by atoms with Crippen LogP contribution >= 0.6 is 0 Å². The van der Waals surface area contributed by atoms with Crippen LogP contribution in [0.25, 0.3) is 0 Å². The van der Waals surface area contributed by atoms with Gasteiger partial charge in [-0.05, 0) is 32.4 Å². The second-order valence-electron chi connectivity index (χ2n) is 4.24. The number of rotatable bonds is 1. The summed E-state index contributed by atoms with van der Waals surface area (Å²) < 4.78 is 0. The Morgan fingerprint density at radius 1 is 1.54 bits per heavy atom. The number of fused-ring (bicyclic) bond motifs is 2. The van der Waals surface area contributed by atoms with Crippen molar-refractivity contribution in [1.82, 2.24) is 4.90 Å². The third-order valence-electron chi connectivity index (χ3n) is 3.46. The normalized spacial score (nSPS) is 44.4. The predicted octanol–water partition coefficient (Wildman–Crippen LogP) is -0.116. The number of aliphatic carboxylic acids is 1. The van der Waals surface area contributed by atoms with Gasteiger partial charge in [0.15, 0.2) is 0 Å². The van der Waals surface area contributed by atoms with E-state index in [-0.39, 0.29) is 5.92 Å². The van der Waals surface area contributed by atoms with Gasteiger partial charge < -0.3 is 15.7 Å². The lowest BCUT2D eigenvalue weighted by molar-refractivity contribution is -0.145. The number of hydrogen-bond acceptors (Lipinski definition) is 3. The second-order valence-corrected chi connectivity index (χ2v) is 4.24. The summed E-state index contributed by atoms with van der Waals surface area (Å²) in [5, 5.41) is 9.10. The molecule has 0 amide bonds. The molecule has 0 aliphatic carbocycles. The molecule has 2 heterocycles. The number of nitrogens with two attached hydrogens (primary N) is 1. The lowest BCUT2D eigenvalue weighted by Gasteiger charge is -2.29. The molecule has 0 radical (unpaired) electrons. The Morgan fingerprint density at radius 2 is 2.31 bits per heavy atom. The number of hydrogen-bond donors (Lipinski definition) is 2. The van der Waals surface area contributed by atoms with Crippen molar-refractivity contribution in [3.63, 3.8) is 0 Å². The van der Waals surface area contributed by atoms with Crippen molar-refractivity contribution in [2.75, 3.05) is 19.6 Å². The molecule has 0 spiro atoms. The molecule has 2 rings (SSSR count). The highest BCUT2D eigenvalue weighted by molar-refractivity contribution is 5.79. The van der Waals surface area contributed by atoms with Crippen LogP contribution in [0.3, 0.4) is 0 Å². The molecule has 0 saturated carbocycles. The van der Waals surface area contributed by atoms with E-state index in [1.165, 1.54) is 0 Å². The Bertz CT molecular complexity index is 232. The highest BCUT2D eigenvalue weighted by atomic mass is 16.4. The van der Waals surface area contributed by atoms with Crippen LogP contribution in [-0.4, -0.2) is 41.1 Å². The van der Waals surface area contributed by atoms with Crippen LogP contribution in [0.1, 0.15) is 19.3 Å². The van der Waals surface area contributed by atoms with Gasteiger partial charge in [-0.15, -0.1) is 0 Å². The van der Waals surface area contributed by atoms with Gasteiger partial charge in [-0.3, -0.25) is 4.79 Å². The molecule has 3 atom stereocenters. The van der Waals surface area contributed by atoms with Gasteiger partial charge in [0.2, 0.25) is 0 Å². The molecule has 74 valence electrons. The zero-order valence-electron chi connectivity index (χ0n) is 7.70. The van der Waals surface area contributed by atoms with E-state index in [0.29, 0.717) is 6.42 Å². The summed E-state index contributed by atoms with van der Waals surface area (Å²) in [6, 6.07) is 0. The van der Waals surface area contributed by atoms with Gasteiger partial charge in [-0.25, -0.2) is 0 Å². The van der Waals surface area contributed by atoms with Crippen LogP contribution in [0.2, 0.25) is 0 Å². The van der Waals surface area contributed by atoms with Crippen LogP contribution in [0.4, 0.5) is 0 Å². The first-order valence-corrected chi connectivity index (χ1v) is 4.87. The van der Waals surface area contributed by atoms with Gasteiger partial charge in [0.25, 0.3) is 0 Å². The first kappa shape index (κ1) is 8.97. The zero-order valence-corrected chi connectivity index (χ0v) is 7.70. The second kappa shape index (κ2) is 2.96. The number of nitrogens with zero attached hydrogens (tertiary/aromatic N) is 1. The zero-order chi connectivity index (χ0) is 9.47.